The first-order chi connectivity index (χ1) is 11.8. The summed E-state index contributed by atoms with van der Waals surface area (Å²) in [7, 11) is -3.85. The average molecular weight is 385 g/mol. The highest BCUT2D eigenvalue weighted by Crippen LogP contribution is 2.26. The Bertz CT molecular complexity index is 684. The van der Waals surface area contributed by atoms with Gasteiger partial charge in [-0.2, -0.15) is 8.42 Å². The van der Waals surface area contributed by atoms with Gasteiger partial charge in [0.25, 0.3) is 10.1 Å². The van der Waals surface area contributed by atoms with Crippen molar-refractivity contribution in [3.05, 3.63) is 29.8 Å². The lowest BCUT2D eigenvalue weighted by molar-refractivity contribution is -0.156. The summed E-state index contributed by atoms with van der Waals surface area (Å²) >= 11 is 0. The van der Waals surface area contributed by atoms with Gasteiger partial charge >= 0.3 is 5.97 Å². The number of benzene rings is 1. The first-order valence-corrected chi connectivity index (χ1v) is 10.4. The highest BCUT2D eigenvalue weighted by molar-refractivity contribution is 7.86. The fraction of sp³-hybridized carbons (Fsp3) is 0.650. The molecule has 0 saturated carbocycles. The number of aryl methyl sites for hydroxylation is 1. The van der Waals surface area contributed by atoms with Crippen molar-refractivity contribution in [2.75, 3.05) is 6.61 Å². The van der Waals surface area contributed by atoms with Crippen molar-refractivity contribution in [2.24, 2.45) is 17.8 Å². The minimum atomic E-state index is -3.85. The summed E-state index contributed by atoms with van der Waals surface area (Å²) in [5.41, 5.74) is 0.401. The molecule has 0 saturated heterocycles. The van der Waals surface area contributed by atoms with Gasteiger partial charge in [-0.1, -0.05) is 38.5 Å². The molecule has 1 rings (SSSR count). The summed E-state index contributed by atoms with van der Waals surface area (Å²) in [6, 6.07) is 6.51. The lowest BCUT2D eigenvalue weighted by Gasteiger charge is -2.27. The molecule has 0 aliphatic heterocycles. The van der Waals surface area contributed by atoms with E-state index in [0.29, 0.717) is 0 Å². The molecule has 6 heteroatoms. The van der Waals surface area contributed by atoms with Crippen LogP contribution in [0.5, 0.6) is 0 Å². The smallest absolute Gasteiger partial charge is 0.306 e. The van der Waals surface area contributed by atoms with Gasteiger partial charge in [-0.25, -0.2) is 0 Å². The Morgan fingerprint density at radius 1 is 1.08 bits per heavy atom. The van der Waals surface area contributed by atoms with Crippen LogP contribution >= 0.6 is 0 Å². The lowest BCUT2D eigenvalue weighted by atomic mass is 9.83. The molecule has 2 atom stereocenters. The number of carbonyl (C=O) groups excluding carboxylic acids is 1. The SMILES string of the molecule is Cc1ccc(S(=O)(=O)OC[C@H](CC(=O)OC(C)(C)C)[C@@H](C)C(C)C)cc1. The van der Waals surface area contributed by atoms with Crippen molar-refractivity contribution in [2.45, 2.75) is 65.4 Å². The minimum Gasteiger partial charge on any atom is -0.460 e. The Labute approximate surface area is 158 Å². The van der Waals surface area contributed by atoms with Crippen LogP contribution in [0.4, 0.5) is 0 Å². The predicted molar refractivity (Wildman–Crippen MR) is 102 cm³/mol. The molecule has 0 spiro atoms. The second kappa shape index (κ2) is 9.00. The first-order valence-electron chi connectivity index (χ1n) is 9.00. The Balaban J connectivity index is 2.85. The van der Waals surface area contributed by atoms with Crippen LogP contribution in [0.15, 0.2) is 29.2 Å². The summed E-state index contributed by atoms with van der Waals surface area (Å²) in [6.45, 7) is 13.4. The van der Waals surface area contributed by atoms with Crippen LogP contribution in [0.1, 0.15) is 53.5 Å². The summed E-state index contributed by atoms with van der Waals surface area (Å²) in [5, 5.41) is 0. The van der Waals surface area contributed by atoms with Crippen molar-refractivity contribution in [1.29, 1.82) is 0 Å². The summed E-state index contributed by atoms with van der Waals surface area (Å²) in [4.78, 5) is 12.3. The van der Waals surface area contributed by atoms with Gasteiger partial charge < -0.3 is 4.74 Å². The van der Waals surface area contributed by atoms with Crippen molar-refractivity contribution in [1.82, 2.24) is 0 Å². The van der Waals surface area contributed by atoms with Gasteiger partial charge in [-0.15, -0.1) is 0 Å². The molecule has 26 heavy (non-hydrogen) atoms. The van der Waals surface area contributed by atoms with E-state index in [0.717, 1.165) is 5.56 Å². The van der Waals surface area contributed by atoms with Crippen molar-refractivity contribution in [3.8, 4) is 0 Å². The van der Waals surface area contributed by atoms with E-state index in [9.17, 15) is 13.2 Å². The van der Waals surface area contributed by atoms with Crippen LogP contribution in [0, 0.1) is 24.7 Å². The van der Waals surface area contributed by atoms with E-state index in [2.05, 4.69) is 0 Å². The van der Waals surface area contributed by atoms with Gasteiger partial charge in [-0.3, -0.25) is 8.98 Å². The van der Waals surface area contributed by atoms with E-state index in [1.807, 2.05) is 48.5 Å². The Hall–Kier alpha value is -1.40. The molecule has 148 valence electrons. The van der Waals surface area contributed by atoms with Crippen LogP contribution in [-0.4, -0.2) is 26.6 Å². The Kier molecular flexibility index (Phi) is 7.84. The second-order valence-corrected chi connectivity index (χ2v) is 9.82. The van der Waals surface area contributed by atoms with E-state index >= 15 is 0 Å². The van der Waals surface area contributed by atoms with E-state index in [-0.39, 0.29) is 41.6 Å². The van der Waals surface area contributed by atoms with Gasteiger partial charge in [-0.05, 0) is 57.6 Å². The number of hydrogen-bond acceptors (Lipinski definition) is 5. The fourth-order valence-corrected chi connectivity index (χ4v) is 3.45. The van der Waals surface area contributed by atoms with Crippen molar-refractivity contribution in [3.63, 3.8) is 0 Å². The number of ether oxygens (including phenoxy) is 1. The molecule has 0 heterocycles. The van der Waals surface area contributed by atoms with Gasteiger partial charge in [0.15, 0.2) is 0 Å². The molecule has 0 N–H and O–H groups in total. The Morgan fingerprint density at radius 2 is 1.62 bits per heavy atom. The largest absolute Gasteiger partial charge is 0.460 e. The predicted octanol–water partition coefficient (Wildman–Crippen LogP) is 4.34. The molecule has 0 fully saturated rings. The minimum absolute atomic E-state index is 0.0468. The van der Waals surface area contributed by atoms with Gasteiger partial charge in [0.05, 0.1) is 17.9 Å². The first kappa shape index (κ1) is 22.6. The van der Waals surface area contributed by atoms with E-state index < -0.39 is 15.7 Å². The van der Waals surface area contributed by atoms with Crippen molar-refractivity contribution >= 4 is 16.1 Å². The molecule has 0 aromatic heterocycles. The number of carbonyl (C=O) groups is 1. The Morgan fingerprint density at radius 3 is 2.08 bits per heavy atom. The van der Waals surface area contributed by atoms with Crippen LogP contribution in [-0.2, 0) is 23.8 Å². The van der Waals surface area contributed by atoms with Crippen LogP contribution < -0.4 is 0 Å². The fourth-order valence-electron chi connectivity index (χ4n) is 2.49. The molecule has 0 bridgehead atoms. The molecular formula is C20H32O5S. The maximum absolute atomic E-state index is 12.4. The third-order valence-electron chi connectivity index (χ3n) is 4.39. The highest BCUT2D eigenvalue weighted by atomic mass is 32.2. The number of esters is 1. The van der Waals surface area contributed by atoms with Gasteiger partial charge in [0.2, 0.25) is 0 Å². The number of hydrogen-bond donors (Lipinski definition) is 0. The van der Waals surface area contributed by atoms with Crippen LogP contribution in [0.3, 0.4) is 0 Å². The van der Waals surface area contributed by atoms with E-state index in [4.69, 9.17) is 8.92 Å². The lowest BCUT2D eigenvalue weighted by Crippen LogP contribution is -2.30. The molecule has 5 nitrogen and oxygen atoms in total. The zero-order valence-electron chi connectivity index (χ0n) is 16.9. The van der Waals surface area contributed by atoms with E-state index in [1.165, 1.54) is 12.1 Å². The van der Waals surface area contributed by atoms with Gasteiger partial charge in [0.1, 0.15) is 5.60 Å². The zero-order chi connectivity index (χ0) is 20.1. The highest BCUT2D eigenvalue weighted by Gasteiger charge is 2.28. The topological polar surface area (TPSA) is 69.7 Å². The quantitative estimate of drug-likeness (QED) is 0.492. The zero-order valence-corrected chi connectivity index (χ0v) is 17.7. The molecule has 0 radical (unpaired) electrons. The maximum Gasteiger partial charge on any atom is 0.306 e. The number of rotatable bonds is 8. The normalized spacial score (nSPS) is 14.9. The standard InChI is InChI=1S/C20H32O5S/c1-14(2)16(4)17(12-19(21)25-20(5,6)7)13-24-26(22,23)18-10-8-15(3)9-11-18/h8-11,14,16-17H,12-13H2,1-7H3/t16-,17-/m0/s1. The second-order valence-electron chi connectivity index (χ2n) is 8.21. The summed E-state index contributed by atoms with van der Waals surface area (Å²) < 4.78 is 35.5. The summed E-state index contributed by atoms with van der Waals surface area (Å²) in [6.07, 6.45) is 0.125. The van der Waals surface area contributed by atoms with Gasteiger partial charge in [0, 0.05) is 0 Å². The molecule has 1 aromatic rings. The summed E-state index contributed by atoms with van der Waals surface area (Å²) in [5.74, 6) is -0.194. The molecule has 0 aliphatic rings. The third-order valence-corrected chi connectivity index (χ3v) is 5.69. The average Bonchev–Trinajstić information content (AvgIpc) is 2.49. The van der Waals surface area contributed by atoms with Crippen LogP contribution in [0.2, 0.25) is 0 Å². The molecular weight excluding hydrogens is 352 g/mol. The monoisotopic (exact) mass is 384 g/mol. The van der Waals surface area contributed by atoms with Crippen molar-refractivity contribution < 1.29 is 22.1 Å². The third kappa shape index (κ3) is 7.46. The molecule has 1 aromatic carbocycles. The van der Waals surface area contributed by atoms with E-state index in [1.54, 1.807) is 12.1 Å². The molecule has 0 aliphatic carbocycles. The maximum atomic E-state index is 12.4. The molecule has 0 amide bonds. The van der Waals surface area contributed by atoms with Crippen LogP contribution in [0.25, 0.3) is 0 Å². The molecule has 0 unspecified atom stereocenters.